The maximum absolute atomic E-state index is 12.8. The molecule has 134 valence electrons. The molecule has 27 heavy (non-hydrogen) atoms. The molecular weight excluding hydrogens is 340 g/mol. The molecule has 1 aliphatic heterocycles. The molecule has 2 amide bonds. The molecule has 0 fully saturated rings. The van der Waals surface area contributed by atoms with Crippen LogP contribution in [0.2, 0.25) is 0 Å². The topological polar surface area (TPSA) is 72.6 Å². The van der Waals surface area contributed by atoms with Gasteiger partial charge in [-0.3, -0.25) is 9.59 Å². The molecule has 0 spiro atoms. The van der Waals surface area contributed by atoms with Crippen LogP contribution in [0.1, 0.15) is 31.8 Å². The third-order valence-corrected chi connectivity index (χ3v) is 4.74. The van der Waals surface area contributed by atoms with E-state index in [1.54, 1.807) is 42.5 Å². The Bertz CT molecular complexity index is 1090. The number of benzene rings is 3. The van der Waals surface area contributed by atoms with Gasteiger partial charge in [-0.1, -0.05) is 18.2 Å². The smallest absolute Gasteiger partial charge is 0.268 e. The van der Waals surface area contributed by atoms with E-state index in [4.69, 9.17) is 10.5 Å². The minimum absolute atomic E-state index is 0.253. The first kappa shape index (κ1) is 16.8. The number of anilines is 2. The number of aryl methyl sites for hydroxylation is 2. The Morgan fingerprint density at radius 1 is 0.815 bits per heavy atom. The summed E-state index contributed by atoms with van der Waals surface area (Å²) in [5, 5.41) is 0. The van der Waals surface area contributed by atoms with Gasteiger partial charge >= 0.3 is 0 Å². The molecule has 1 heterocycles. The number of carbonyl (C=O) groups excluding carboxylic acids is 2. The van der Waals surface area contributed by atoms with E-state index < -0.39 is 5.91 Å². The molecule has 0 aliphatic carbocycles. The van der Waals surface area contributed by atoms with Crippen molar-refractivity contribution >= 4 is 23.2 Å². The molecule has 0 unspecified atom stereocenters. The van der Waals surface area contributed by atoms with Crippen molar-refractivity contribution in [1.29, 1.82) is 0 Å². The van der Waals surface area contributed by atoms with Crippen LogP contribution in [-0.2, 0) is 0 Å². The van der Waals surface area contributed by atoms with E-state index >= 15 is 0 Å². The van der Waals surface area contributed by atoms with E-state index in [1.807, 2.05) is 32.0 Å². The lowest BCUT2D eigenvalue weighted by Crippen LogP contribution is -2.29. The standard InChI is InChI=1S/C22H18N2O3/c1-13-9-10-17(11-14(13)2)27-16-6-3-5-15(12-16)24-21(25)18-7-4-8-19(23)20(18)22(24)26/h3-12H,23H2,1-2H3. The Hall–Kier alpha value is -3.60. The molecule has 0 atom stereocenters. The predicted octanol–water partition coefficient (Wildman–Crippen LogP) is 4.48. The number of ether oxygens (including phenoxy) is 1. The van der Waals surface area contributed by atoms with Crippen molar-refractivity contribution in [3.05, 3.63) is 82.9 Å². The lowest BCUT2D eigenvalue weighted by molar-refractivity contribution is 0.0926. The number of nitrogens with zero attached hydrogens (tertiary/aromatic N) is 1. The fraction of sp³-hybridized carbons (Fsp3) is 0.0909. The van der Waals surface area contributed by atoms with Crippen molar-refractivity contribution in [2.75, 3.05) is 10.6 Å². The van der Waals surface area contributed by atoms with Gasteiger partial charge in [0.2, 0.25) is 0 Å². The van der Waals surface area contributed by atoms with Gasteiger partial charge in [0.15, 0.2) is 0 Å². The number of nitrogen functional groups attached to an aromatic ring is 1. The molecule has 0 radical (unpaired) electrons. The van der Waals surface area contributed by atoms with Crippen LogP contribution in [0, 0.1) is 13.8 Å². The van der Waals surface area contributed by atoms with Crippen LogP contribution < -0.4 is 15.4 Å². The number of hydrogen-bond acceptors (Lipinski definition) is 4. The Balaban J connectivity index is 1.67. The van der Waals surface area contributed by atoms with E-state index in [0.717, 1.165) is 10.5 Å². The van der Waals surface area contributed by atoms with Gasteiger partial charge in [0.25, 0.3) is 11.8 Å². The van der Waals surface area contributed by atoms with Gasteiger partial charge in [0, 0.05) is 11.8 Å². The number of hydrogen-bond donors (Lipinski definition) is 1. The van der Waals surface area contributed by atoms with Gasteiger partial charge in [-0.15, -0.1) is 0 Å². The highest BCUT2D eigenvalue weighted by molar-refractivity contribution is 6.36. The third-order valence-electron chi connectivity index (χ3n) is 4.74. The van der Waals surface area contributed by atoms with Gasteiger partial charge < -0.3 is 10.5 Å². The van der Waals surface area contributed by atoms with E-state index in [2.05, 4.69) is 0 Å². The molecule has 3 aromatic rings. The summed E-state index contributed by atoms with van der Waals surface area (Å²) in [5.74, 6) is 0.434. The van der Waals surface area contributed by atoms with Gasteiger partial charge in [0.1, 0.15) is 11.5 Å². The van der Waals surface area contributed by atoms with Gasteiger partial charge in [0.05, 0.1) is 16.8 Å². The lowest BCUT2D eigenvalue weighted by atomic mass is 10.1. The summed E-state index contributed by atoms with van der Waals surface area (Å²) in [4.78, 5) is 26.6. The first-order valence-electron chi connectivity index (χ1n) is 8.58. The van der Waals surface area contributed by atoms with Crippen LogP contribution in [-0.4, -0.2) is 11.8 Å². The average molecular weight is 358 g/mol. The Kier molecular flexibility index (Phi) is 3.92. The minimum Gasteiger partial charge on any atom is -0.457 e. The molecular formula is C22H18N2O3. The van der Waals surface area contributed by atoms with Crippen LogP contribution in [0.4, 0.5) is 11.4 Å². The highest BCUT2D eigenvalue weighted by Crippen LogP contribution is 2.34. The van der Waals surface area contributed by atoms with E-state index in [0.29, 0.717) is 28.4 Å². The monoisotopic (exact) mass is 358 g/mol. The van der Waals surface area contributed by atoms with E-state index in [9.17, 15) is 9.59 Å². The zero-order chi connectivity index (χ0) is 19.1. The summed E-state index contributed by atoms with van der Waals surface area (Å²) in [6, 6.07) is 17.6. The Morgan fingerprint density at radius 3 is 2.30 bits per heavy atom. The normalized spacial score (nSPS) is 13.0. The Morgan fingerprint density at radius 2 is 1.56 bits per heavy atom. The van der Waals surface area contributed by atoms with Crippen molar-refractivity contribution in [3.63, 3.8) is 0 Å². The maximum Gasteiger partial charge on any atom is 0.268 e. The second-order valence-electron chi connectivity index (χ2n) is 6.56. The van der Waals surface area contributed by atoms with Crippen molar-refractivity contribution in [2.24, 2.45) is 0 Å². The van der Waals surface area contributed by atoms with Gasteiger partial charge in [-0.25, -0.2) is 4.90 Å². The van der Waals surface area contributed by atoms with Crippen LogP contribution in [0.3, 0.4) is 0 Å². The zero-order valence-corrected chi connectivity index (χ0v) is 15.0. The SMILES string of the molecule is Cc1ccc(Oc2cccc(N3C(=O)c4cccc(N)c4C3=O)c2)cc1C. The number of amides is 2. The molecule has 2 N–H and O–H groups in total. The molecule has 5 heteroatoms. The van der Waals surface area contributed by atoms with E-state index in [1.165, 1.54) is 5.56 Å². The number of rotatable bonds is 3. The molecule has 3 aromatic carbocycles. The van der Waals surface area contributed by atoms with Crippen molar-refractivity contribution in [3.8, 4) is 11.5 Å². The van der Waals surface area contributed by atoms with Gasteiger partial charge in [-0.05, 0) is 61.4 Å². The second kappa shape index (κ2) is 6.29. The minimum atomic E-state index is -0.420. The first-order chi connectivity index (χ1) is 13.0. The quantitative estimate of drug-likeness (QED) is 0.553. The fourth-order valence-corrected chi connectivity index (χ4v) is 3.15. The zero-order valence-electron chi connectivity index (χ0n) is 15.0. The number of imide groups is 1. The highest BCUT2D eigenvalue weighted by Gasteiger charge is 2.38. The number of fused-ring (bicyclic) bond motifs is 1. The Labute approximate surface area is 157 Å². The maximum atomic E-state index is 12.8. The summed E-state index contributed by atoms with van der Waals surface area (Å²) in [7, 11) is 0. The summed E-state index contributed by atoms with van der Waals surface area (Å²) >= 11 is 0. The van der Waals surface area contributed by atoms with Crippen LogP contribution >= 0.6 is 0 Å². The molecule has 0 bridgehead atoms. The van der Waals surface area contributed by atoms with E-state index in [-0.39, 0.29) is 11.5 Å². The lowest BCUT2D eigenvalue weighted by Gasteiger charge is -2.15. The molecule has 0 saturated heterocycles. The molecule has 5 nitrogen and oxygen atoms in total. The molecule has 4 rings (SSSR count). The first-order valence-corrected chi connectivity index (χ1v) is 8.58. The summed E-state index contributed by atoms with van der Waals surface area (Å²) < 4.78 is 5.91. The van der Waals surface area contributed by atoms with Crippen LogP contribution in [0.5, 0.6) is 11.5 Å². The van der Waals surface area contributed by atoms with Crippen LogP contribution in [0.25, 0.3) is 0 Å². The number of nitrogens with two attached hydrogens (primary N) is 1. The predicted molar refractivity (Wildman–Crippen MR) is 104 cm³/mol. The third kappa shape index (κ3) is 2.83. The van der Waals surface area contributed by atoms with Gasteiger partial charge in [-0.2, -0.15) is 0 Å². The summed E-state index contributed by atoms with van der Waals surface area (Å²) in [5.41, 5.74) is 9.52. The molecule has 0 aromatic heterocycles. The molecule has 0 saturated carbocycles. The van der Waals surface area contributed by atoms with Crippen molar-refractivity contribution in [1.82, 2.24) is 0 Å². The second-order valence-corrected chi connectivity index (χ2v) is 6.56. The average Bonchev–Trinajstić information content (AvgIpc) is 2.90. The van der Waals surface area contributed by atoms with Crippen molar-refractivity contribution < 1.29 is 14.3 Å². The van der Waals surface area contributed by atoms with Crippen molar-refractivity contribution in [2.45, 2.75) is 13.8 Å². The molecule has 1 aliphatic rings. The summed E-state index contributed by atoms with van der Waals surface area (Å²) in [6.45, 7) is 4.05. The van der Waals surface area contributed by atoms with Crippen LogP contribution in [0.15, 0.2) is 60.7 Å². The largest absolute Gasteiger partial charge is 0.457 e. The highest BCUT2D eigenvalue weighted by atomic mass is 16.5. The summed E-state index contributed by atoms with van der Waals surface area (Å²) in [6.07, 6.45) is 0. The fourth-order valence-electron chi connectivity index (χ4n) is 3.15. The number of carbonyl (C=O) groups is 2.